The first-order valence-corrected chi connectivity index (χ1v) is 10.4. The van der Waals surface area contributed by atoms with E-state index in [1.54, 1.807) is 0 Å². The van der Waals surface area contributed by atoms with Gasteiger partial charge < -0.3 is 25.7 Å². The van der Waals surface area contributed by atoms with Crippen molar-refractivity contribution in [1.29, 1.82) is 0 Å². The number of rotatable bonds is 11. The van der Waals surface area contributed by atoms with Crippen molar-refractivity contribution in [2.24, 2.45) is 5.92 Å². The van der Waals surface area contributed by atoms with Gasteiger partial charge in [0, 0.05) is 0 Å². The zero-order valence-corrected chi connectivity index (χ0v) is 14.7. The van der Waals surface area contributed by atoms with E-state index in [-0.39, 0.29) is 12.7 Å². The molecular weight excluding hydrogens is 318 g/mol. The maximum absolute atomic E-state index is 10.9. The van der Waals surface area contributed by atoms with Gasteiger partial charge in [-0.25, -0.2) is 0 Å². The van der Waals surface area contributed by atoms with Crippen LogP contribution in [0, 0.1) is 5.92 Å². The molecule has 0 amide bonds. The first-order valence-electron chi connectivity index (χ1n) is 6.81. The third kappa shape index (κ3) is 18.2. The molecule has 0 unspecified atom stereocenters. The van der Waals surface area contributed by atoms with Gasteiger partial charge in [-0.05, 0) is 18.9 Å². The monoisotopic (exact) mass is 348 g/mol. The molecular formula is C11H30N2O6P2. The molecule has 21 heavy (non-hydrogen) atoms. The first kappa shape index (κ1) is 23.5. The van der Waals surface area contributed by atoms with Crippen LogP contribution in [0.1, 0.15) is 46.0 Å². The van der Waals surface area contributed by atoms with Gasteiger partial charge in [0.05, 0.1) is 0 Å². The average molecular weight is 348 g/mol. The van der Waals surface area contributed by atoms with Gasteiger partial charge in [-0.1, -0.05) is 39.5 Å². The Balaban J connectivity index is 0. The van der Waals surface area contributed by atoms with Crippen molar-refractivity contribution in [3.63, 3.8) is 0 Å². The van der Waals surface area contributed by atoms with E-state index < -0.39 is 27.8 Å². The molecule has 0 heterocycles. The van der Waals surface area contributed by atoms with Gasteiger partial charge in [0.2, 0.25) is 0 Å². The molecule has 0 saturated heterocycles. The van der Waals surface area contributed by atoms with Crippen molar-refractivity contribution in [2.75, 3.05) is 19.1 Å². The molecule has 0 aromatic rings. The summed E-state index contributed by atoms with van der Waals surface area (Å²) in [5, 5.41) is 0. The van der Waals surface area contributed by atoms with Crippen LogP contribution in [0.4, 0.5) is 0 Å². The van der Waals surface area contributed by atoms with E-state index in [1.807, 2.05) is 0 Å². The zero-order valence-electron chi connectivity index (χ0n) is 12.9. The third-order valence-corrected chi connectivity index (χ3v) is 4.31. The summed E-state index contributed by atoms with van der Waals surface area (Å²) in [4.78, 5) is 36.8. The topological polar surface area (TPSA) is 153 Å². The minimum absolute atomic E-state index is 0. The fraction of sp³-hybridized carbons (Fsp3) is 1.00. The van der Waals surface area contributed by atoms with Crippen LogP contribution >= 0.6 is 15.2 Å². The van der Waals surface area contributed by atoms with Gasteiger partial charge in [0.1, 0.15) is 12.6 Å². The van der Waals surface area contributed by atoms with Gasteiger partial charge in [0.15, 0.2) is 0 Å². The Morgan fingerprint density at radius 2 is 1.29 bits per heavy atom. The minimum atomic E-state index is -4.30. The predicted molar refractivity (Wildman–Crippen MR) is 83.5 cm³/mol. The molecule has 0 rings (SSSR count). The van der Waals surface area contributed by atoms with Crippen LogP contribution in [-0.2, 0) is 9.13 Å². The van der Waals surface area contributed by atoms with Gasteiger partial charge in [-0.3, -0.25) is 14.0 Å². The molecule has 0 aliphatic heterocycles. The normalized spacial score (nSPS) is 12.8. The van der Waals surface area contributed by atoms with E-state index in [0.29, 0.717) is 12.3 Å². The molecule has 0 aliphatic carbocycles. The molecule has 0 aliphatic rings. The van der Waals surface area contributed by atoms with Gasteiger partial charge in [0.25, 0.3) is 0 Å². The fourth-order valence-corrected chi connectivity index (χ4v) is 3.63. The molecule has 0 bridgehead atoms. The summed E-state index contributed by atoms with van der Waals surface area (Å²) >= 11 is 0. The highest BCUT2D eigenvalue weighted by atomic mass is 31.2. The Morgan fingerprint density at radius 3 is 1.67 bits per heavy atom. The van der Waals surface area contributed by atoms with Gasteiger partial charge in [-0.2, -0.15) is 0 Å². The average Bonchev–Trinajstić information content (AvgIpc) is 2.17. The Bertz CT molecular complexity index is 331. The lowest BCUT2D eigenvalue weighted by Gasteiger charge is -2.22. The van der Waals surface area contributed by atoms with E-state index in [4.69, 9.17) is 19.6 Å². The molecule has 0 radical (unpaired) electrons. The third-order valence-electron chi connectivity index (χ3n) is 2.77. The molecule has 0 aromatic carbocycles. The minimum Gasteiger partial charge on any atom is -0.344 e. The predicted octanol–water partition coefficient (Wildman–Crippen LogP) is 2.33. The van der Waals surface area contributed by atoms with Crippen molar-refractivity contribution >= 4 is 15.2 Å². The molecule has 0 spiro atoms. The van der Waals surface area contributed by atoms with E-state index >= 15 is 0 Å². The number of hydrogen-bond acceptors (Lipinski definition) is 4. The number of hydrogen-bond donors (Lipinski definition) is 5. The van der Waals surface area contributed by atoms with Crippen molar-refractivity contribution in [3.05, 3.63) is 0 Å². The van der Waals surface area contributed by atoms with Crippen LogP contribution < -0.4 is 6.15 Å². The molecule has 130 valence electrons. The highest BCUT2D eigenvalue weighted by Gasteiger charge is 2.25. The molecule has 7 N–H and O–H groups in total. The summed E-state index contributed by atoms with van der Waals surface area (Å²) in [6.45, 7) is 4.60. The summed E-state index contributed by atoms with van der Waals surface area (Å²) in [7, 11) is -8.60. The quantitative estimate of drug-likeness (QED) is 0.281. The Morgan fingerprint density at radius 1 is 0.857 bits per heavy atom. The summed E-state index contributed by atoms with van der Waals surface area (Å²) in [6, 6.07) is 0. The van der Waals surface area contributed by atoms with E-state index in [1.165, 1.54) is 0 Å². The summed E-state index contributed by atoms with van der Waals surface area (Å²) in [5.41, 5.74) is 0. The lowest BCUT2D eigenvalue weighted by atomic mass is 10.0. The maximum Gasteiger partial charge on any atom is 0.339 e. The molecule has 8 nitrogen and oxygen atoms in total. The largest absolute Gasteiger partial charge is 0.344 e. The first-order chi connectivity index (χ1) is 8.99. The van der Waals surface area contributed by atoms with Crippen LogP contribution in [0.2, 0.25) is 0 Å². The zero-order chi connectivity index (χ0) is 15.8. The molecule has 0 saturated carbocycles. The van der Waals surface area contributed by atoms with Crippen LogP contribution in [0.5, 0.6) is 0 Å². The van der Waals surface area contributed by atoms with Crippen LogP contribution in [0.25, 0.3) is 0 Å². The van der Waals surface area contributed by atoms with Crippen molar-refractivity contribution < 1.29 is 28.7 Å². The van der Waals surface area contributed by atoms with Crippen molar-refractivity contribution in [1.82, 2.24) is 11.1 Å². The van der Waals surface area contributed by atoms with Crippen LogP contribution in [-0.4, -0.2) is 43.6 Å². The number of unbranched alkanes of at least 4 members (excludes halogenated alkanes) is 3. The van der Waals surface area contributed by atoms with Crippen LogP contribution in [0.3, 0.4) is 0 Å². The fourth-order valence-electron chi connectivity index (χ4n) is 1.95. The summed E-state index contributed by atoms with van der Waals surface area (Å²) < 4.78 is 21.9. The van der Waals surface area contributed by atoms with E-state index in [2.05, 4.69) is 13.8 Å². The lowest BCUT2D eigenvalue weighted by Crippen LogP contribution is -2.27. The van der Waals surface area contributed by atoms with Gasteiger partial charge >= 0.3 is 15.2 Å². The second kappa shape index (κ2) is 10.9. The maximum atomic E-state index is 10.9. The van der Waals surface area contributed by atoms with Crippen molar-refractivity contribution in [3.8, 4) is 0 Å². The Kier molecular flexibility index (Phi) is 12.2. The molecule has 0 aromatic heterocycles. The van der Waals surface area contributed by atoms with Crippen molar-refractivity contribution in [2.45, 2.75) is 46.0 Å². The van der Waals surface area contributed by atoms with E-state index in [9.17, 15) is 9.13 Å². The molecule has 10 heteroatoms. The second-order valence-corrected chi connectivity index (χ2v) is 8.83. The van der Waals surface area contributed by atoms with Crippen LogP contribution in [0.15, 0.2) is 0 Å². The highest BCUT2D eigenvalue weighted by Crippen LogP contribution is 2.40. The molecule has 0 fully saturated rings. The Hall–Kier alpha value is 0.220. The Labute approximate surface area is 126 Å². The smallest absolute Gasteiger partial charge is 0.339 e. The molecule has 0 atom stereocenters. The van der Waals surface area contributed by atoms with E-state index in [0.717, 1.165) is 30.6 Å². The SMILES string of the molecule is CC(C)CCCCCCN(CP(=O)(O)O)CP(=O)(O)O.N. The summed E-state index contributed by atoms with van der Waals surface area (Å²) in [5.74, 6) is 0.663. The van der Waals surface area contributed by atoms with Gasteiger partial charge in [-0.15, -0.1) is 0 Å². The second-order valence-electron chi connectivity index (χ2n) is 5.60. The highest BCUT2D eigenvalue weighted by molar-refractivity contribution is 7.52. The number of nitrogens with zero attached hydrogens (tertiary/aromatic N) is 1. The lowest BCUT2D eigenvalue weighted by molar-refractivity contribution is 0.273. The summed E-state index contributed by atoms with van der Waals surface area (Å²) in [6.07, 6.45) is 3.64. The standard InChI is InChI=1S/C11H27NO6P2.H3N/c1-11(2)7-5-3-4-6-8-12(9-19(13,14)15)10-20(16,17)18;/h11H,3-10H2,1-2H3,(H2,13,14,15)(H2,16,17,18);1H3.